The lowest BCUT2D eigenvalue weighted by Gasteiger charge is -2.22. The van der Waals surface area contributed by atoms with E-state index in [1.54, 1.807) is 0 Å². The van der Waals surface area contributed by atoms with Gasteiger partial charge in [0, 0.05) is 31.7 Å². The molecule has 2 N–H and O–H groups in total. The Labute approximate surface area is 134 Å². The van der Waals surface area contributed by atoms with Gasteiger partial charge in [-0.3, -0.25) is 4.79 Å². The molecule has 122 valence electrons. The van der Waals surface area contributed by atoms with Crippen molar-refractivity contribution in [1.29, 1.82) is 0 Å². The molecule has 0 spiro atoms. The Bertz CT molecular complexity index is 485. The molecule has 1 saturated heterocycles. The molecule has 4 nitrogen and oxygen atoms in total. The van der Waals surface area contributed by atoms with Crippen molar-refractivity contribution in [2.45, 2.75) is 33.1 Å². The molecule has 1 atom stereocenters. The average Bonchev–Trinajstić information content (AvgIpc) is 3.00. The first kappa shape index (κ1) is 16.8. The highest BCUT2D eigenvalue weighted by Crippen LogP contribution is 2.20. The van der Waals surface area contributed by atoms with Gasteiger partial charge in [0.05, 0.1) is 0 Å². The molecule has 0 aliphatic carbocycles. The minimum atomic E-state index is 0.269. The highest BCUT2D eigenvalue weighted by Gasteiger charge is 2.26. The van der Waals surface area contributed by atoms with Gasteiger partial charge in [0.15, 0.2) is 0 Å². The summed E-state index contributed by atoms with van der Waals surface area (Å²) in [5.41, 5.74) is 7.80. The maximum Gasteiger partial charge on any atom is 0.222 e. The van der Waals surface area contributed by atoms with E-state index < -0.39 is 0 Å². The van der Waals surface area contributed by atoms with Crippen LogP contribution in [0.3, 0.4) is 0 Å². The lowest BCUT2D eigenvalue weighted by molar-refractivity contribution is -0.130. The first-order valence-corrected chi connectivity index (χ1v) is 8.47. The molecular weight excluding hydrogens is 274 g/mol. The van der Waals surface area contributed by atoms with E-state index >= 15 is 0 Å². The Morgan fingerprint density at radius 2 is 2.05 bits per heavy atom. The highest BCUT2D eigenvalue weighted by atomic mass is 16.2. The molecule has 1 fully saturated rings. The molecule has 0 radical (unpaired) electrons. The second kappa shape index (κ2) is 8.18. The first-order valence-electron chi connectivity index (χ1n) is 8.47. The molecule has 2 rings (SSSR count). The third-order valence-electron chi connectivity index (χ3n) is 4.71. The van der Waals surface area contributed by atoms with Gasteiger partial charge in [-0.05, 0) is 43.5 Å². The van der Waals surface area contributed by atoms with Crippen molar-refractivity contribution in [2.75, 3.05) is 38.5 Å². The van der Waals surface area contributed by atoms with Crippen molar-refractivity contribution >= 4 is 11.6 Å². The number of nitrogen functional groups attached to an aromatic ring is 1. The minimum absolute atomic E-state index is 0.269. The number of anilines is 1. The molecule has 1 aliphatic heterocycles. The fraction of sp³-hybridized carbons (Fsp3) is 0.611. The second-order valence-corrected chi connectivity index (χ2v) is 6.18. The van der Waals surface area contributed by atoms with Crippen LogP contribution in [0.1, 0.15) is 32.3 Å². The molecule has 0 aromatic heterocycles. The summed E-state index contributed by atoms with van der Waals surface area (Å²) in [6.07, 6.45) is 2.44. The minimum Gasteiger partial charge on any atom is -0.399 e. The number of para-hydroxylation sites is 1. The molecule has 1 aromatic carbocycles. The number of carbonyl (C=O) groups excluding carboxylic acids is 1. The maximum absolute atomic E-state index is 12.4. The van der Waals surface area contributed by atoms with E-state index in [0.717, 1.165) is 56.8 Å². The topological polar surface area (TPSA) is 49.6 Å². The van der Waals surface area contributed by atoms with E-state index in [2.05, 4.69) is 18.7 Å². The summed E-state index contributed by atoms with van der Waals surface area (Å²) >= 11 is 0. The van der Waals surface area contributed by atoms with Gasteiger partial charge < -0.3 is 15.5 Å². The number of hydrogen-bond acceptors (Lipinski definition) is 3. The molecule has 4 heteroatoms. The summed E-state index contributed by atoms with van der Waals surface area (Å²) in [5, 5.41) is 0. The Balaban J connectivity index is 1.78. The van der Waals surface area contributed by atoms with Gasteiger partial charge in [0.25, 0.3) is 0 Å². The summed E-state index contributed by atoms with van der Waals surface area (Å²) < 4.78 is 0. The van der Waals surface area contributed by atoms with Crippen molar-refractivity contribution in [3.63, 3.8) is 0 Å². The molecule has 1 aliphatic rings. The number of hydrogen-bond donors (Lipinski definition) is 1. The van der Waals surface area contributed by atoms with Crippen LogP contribution in [-0.4, -0.2) is 48.4 Å². The Kier molecular flexibility index (Phi) is 6.25. The monoisotopic (exact) mass is 303 g/mol. The molecule has 22 heavy (non-hydrogen) atoms. The number of nitrogens with two attached hydrogens (primary N) is 1. The van der Waals surface area contributed by atoms with Crippen LogP contribution in [-0.2, 0) is 11.2 Å². The van der Waals surface area contributed by atoms with Gasteiger partial charge in [0.2, 0.25) is 5.91 Å². The van der Waals surface area contributed by atoms with E-state index in [4.69, 9.17) is 5.73 Å². The van der Waals surface area contributed by atoms with Crippen molar-refractivity contribution in [2.24, 2.45) is 5.92 Å². The van der Waals surface area contributed by atoms with Crippen LogP contribution < -0.4 is 5.73 Å². The summed E-state index contributed by atoms with van der Waals surface area (Å²) in [4.78, 5) is 16.9. The first-order chi connectivity index (χ1) is 10.6. The quantitative estimate of drug-likeness (QED) is 0.787. The molecule has 1 amide bonds. The molecule has 1 unspecified atom stereocenters. The van der Waals surface area contributed by atoms with Crippen molar-refractivity contribution in [3.8, 4) is 0 Å². The van der Waals surface area contributed by atoms with E-state index in [-0.39, 0.29) is 5.91 Å². The van der Waals surface area contributed by atoms with E-state index in [1.165, 1.54) is 0 Å². The number of nitrogens with zero attached hydrogens (tertiary/aromatic N) is 2. The third-order valence-corrected chi connectivity index (χ3v) is 4.71. The van der Waals surface area contributed by atoms with Gasteiger partial charge in [0.1, 0.15) is 0 Å². The summed E-state index contributed by atoms with van der Waals surface area (Å²) in [6.45, 7) is 9.52. The molecule has 0 saturated carbocycles. The van der Waals surface area contributed by atoms with Crippen LogP contribution in [0, 0.1) is 5.92 Å². The van der Waals surface area contributed by atoms with Crippen molar-refractivity contribution < 1.29 is 4.79 Å². The van der Waals surface area contributed by atoms with Crippen LogP contribution in [0.2, 0.25) is 0 Å². The van der Waals surface area contributed by atoms with Crippen molar-refractivity contribution in [1.82, 2.24) is 9.80 Å². The number of aryl methyl sites for hydroxylation is 1. The highest BCUT2D eigenvalue weighted by molar-refractivity contribution is 5.77. The SMILES string of the molecule is CCN(CC)CC1CCN(C(=O)CCc2ccccc2N)C1. The average molecular weight is 303 g/mol. The zero-order valence-corrected chi connectivity index (χ0v) is 13.9. The molecular formula is C18H29N3O. The fourth-order valence-electron chi connectivity index (χ4n) is 3.22. The van der Waals surface area contributed by atoms with Crippen LogP contribution >= 0.6 is 0 Å². The van der Waals surface area contributed by atoms with Gasteiger partial charge in [-0.25, -0.2) is 0 Å². The number of likely N-dealkylation sites (tertiary alicyclic amines) is 1. The summed E-state index contributed by atoms with van der Waals surface area (Å²) in [6, 6.07) is 7.82. The summed E-state index contributed by atoms with van der Waals surface area (Å²) in [5.74, 6) is 0.899. The number of carbonyl (C=O) groups is 1. The molecule has 1 aromatic rings. The number of amides is 1. The fourth-order valence-corrected chi connectivity index (χ4v) is 3.22. The number of rotatable bonds is 7. The third kappa shape index (κ3) is 4.47. The van der Waals surface area contributed by atoms with E-state index in [1.807, 2.05) is 29.2 Å². The van der Waals surface area contributed by atoms with Crippen molar-refractivity contribution in [3.05, 3.63) is 29.8 Å². The predicted octanol–water partition coefficient (Wildman–Crippen LogP) is 2.39. The maximum atomic E-state index is 12.4. The van der Waals surface area contributed by atoms with Crippen LogP contribution in [0.5, 0.6) is 0 Å². The largest absolute Gasteiger partial charge is 0.399 e. The Morgan fingerprint density at radius 3 is 2.73 bits per heavy atom. The van der Waals surface area contributed by atoms with Crippen LogP contribution in [0.15, 0.2) is 24.3 Å². The van der Waals surface area contributed by atoms with Gasteiger partial charge in [-0.2, -0.15) is 0 Å². The molecule has 1 heterocycles. The Hall–Kier alpha value is -1.55. The van der Waals surface area contributed by atoms with E-state index in [0.29, 0.717) is 12.3 Å². The smallest absolute Gasteiger partial charge is 0.222 e. The zero-order chi connectivity index (χ0) is 15.9. The number of benzene rings is 1. The summed E-state index contributed by atoms with van der Waals surface area (Å²) in [7, 11) is 0. The van der Waals surface area contributed by atoms with Crippen LogP contribution in [0.25, 0.3) is 0 Å². The van der Waals surface area contributed by atoms with Gasteiger partial charge in [-0.15, -0.1) is 0 Å². The van der Waals surface area contributed by atoms with E-state index in [9.17, 15) is 4.79 Å². The second-order valence-electron chi connectivity index (χ2n) is 6.18. The predicted molar refractivity (Wildman–Crippen MR) is 91.7 cm³/mol. The van der Waals surface area contributed by atoms with Crippen LogP contribution in [0.4, 0.5) is 5.69 Å². The lowest BCUT2D eigenvalue weighted by atomic mass is 10.1. The Morgan fingerprint density at radius 1 is 1.32 bits per heavy atom. The standard InChI is InChI=1S/C18H29N3O/c1-3-20(4-2)13-15-11-12-21(14-15)18(22)10-9-16-7-5-6-8-17(16)19/h5-8,15H,3-4,9-14,19H2,1-2H3. The zero-order valence-electron chi connectivity index (χ0n) is 13.9. The van der Waals surface area contributed by atoms with Gasteiger partial charge >= 0.3 is 0 Å². The van der Waals surface area contributed by atoms with Gasteiger partial charge in [-0.1, -0.05) is 32.0 Å². The lowest BCUT2D eigenvalue weighted by Crippen LogP contribution is -2.33. The molecule has 0 bridgehead atoms. The normalized spacial score (nSPS) is 18.1.